The number of nitrogens with zero attached hydrogens (tertiary/aromatic N) is 2. The maximum Gasteiger partial charge on any atom is 0.191 e. The number of ether oxygens (including phenoxy) is 1. The Morgan fingerprint density at radius 1 is 1.10 bits per heavy atom. The van der Waals surface area contributed by atoms with E-state index in [0.717, 1.165) is 44.5 Å². The first-order chi connectivity index (χ1) is 14.7. The highest BCUT2D eigenvalue weighted by Gasteiger charge is 2.27. The lowest BCUT2D eigenvalue weighted by Crippen LogP contribution is -2.40. The van der Waals surface area contributed by atoms with Crippen molar-refractivity contribution in [2.45, 2.75) is 59.0 Å². The Hall–Kier alpha value is -0.860. The number of hydrogen-bond donors (Lipinski definition) is 2. The second-order valence-electron chi connectivity index (χ2n) is 8.92. The van der Waals surface area contributed by atoms with E-state index in [1.165, 1.54) is 56.4 Å². The van der Waals surface area contributed by atoms with Crippen molar-refractivity contribution in [2.75, 3.05) is 45.9 Å². The molecule has 0 bridgehead atoms. The lowest BCUT2D eigenvalue weighted by molar-refractivity contribution is -0.0250. The number of aryl methyl sites for hydroxylation is 1. The first-order valence-electron chi connectivity index (χ1n) is 12.1. The third kappa shape index (κ3) is 8.54. The van der Waals surface area contributed by atoms with Crippen LogP contribution in [0.5, 0.6) is 0 Å². The molecule has 0 amide bonds. The highest BCUT2D eigenvalue weighted by Crippen LogP contribution is 2.34. The quantitative estimate of drug-likeness (QED) is 0.283. The lowest BCUT2D eigenvalue weighted by atomic mass is 9.89. The number of rotatable bonds is 8. The third-order valence-electron chi connectivity index (χ3n) is 6.68. The smallest absolute Gasteiger partial charge is 0.191 e. The van der Waals surface area contributed by atoms with Crippen molar-refractivity contribution in [3.8, 4) is 0 Å². The predicted octanol–water partition coefficient (Wildman–Crippen LogP) is 4.76. The SMILES string of the molecule is CCNC(=NCC1CCCOC1c1ccc(C)cc1)NCCC1CCN(CC)CC1.I. The zero-order valence-corrected chi connectivity index (χ0v) is 22.1. The zero-order chi connectivity index (χ0) is 21.2. The van der Waals surface area contributed by atoms with Crippen LogP contribution < -0.4 is 10.6 Å². The van der Waals surface area contributed by atoms with Gasteiger partial charge in [-0.25, -0.2) is 0 Å². The molecule has 0 aromatic heterocycles. The van der Waals surface area contributed by atoms with Crippen LogP contribution >= 0.6 is 24.0 Å². The minimum absolute atomic E-state index is 0. The van der Waals surface area contributed by atoms with Crippen LogP contribution in [-0.4, -0.2) is 56.7 Å². The monoisotopic (exact) mass is 542 g/mol. The standard InChI is InChI=1S/C25H42N4O.HI/c1-4-26-25(27-15-12-21-13-16-29(5-2)17-14-21)28-19-23-7-6-18-30-24(23)22-10-8-20(3)9-11-22;/h8-11,21,23-24H,4-7,12-19H2,1-3H3,(H2,26,27,28);1H. The molecule has 0 saturated carbocycles. The van der Waals surface area contributed by atoms with E-state index >= 15 is 0 Å². The molecule has 2 fully saturated rings. The van der Waals surface area contributed by atoms with Crippen molar-refractivity contribution < 1.29 is 4.74 Å². The third-order valence-corrected chi connectivity index (χ3v) is 6.68. The first-order valence-corrected chi connectivity index (χ1v) is 12.1. The average molecular weight is 543 g/mol. The Morgan fingerprint density at radius 2 is 1.84 bits per heavy atom. The molecule has 0 aliphatic carbocycles. The van der Waals surface area contributed by atoms with Gasteiger partial charge in [0.15, 0.2) is 5.96 Å². The van der Waals surface area contributed by atoms with E-state index in [1.807, 2.05) is 0 Å². The molecule has 2 aliphatic rings. The number of benzene rings is 1. The molecule has 3 rings (SSSR count). The molecule has 2 aliphatic heterocycles. The normalized spacial score (nSPS) is 23.3. The summed E-state index contributed by atoms with van der Waals surface area (Å²) in [6.45, 7) is 13.8. The summed E-state index contributed by atoms with van der Waals surface area (Å²) in [5.41, 5.74) is 2.58. The molecular weight excluding hydrogens is 499 g/mol. The van der Waals surface area contributed by atoms with Crippen molar-refractivity contribution in [3.05, 3.63) is 35.4 Å². The van der Waals surface area contributed by atoms with Gasteiger partial charge in [-0.05, 0) is 77.1 Å². The summed E-state index contributed by atoms with van der Waals surface area (Å²) < 4.78 is 6.17. The molecule has 0 spiro atoms. The average Bonchev–Trinajstić information content (AvgIpc) is 2.79. The Labute approximate surface area is 206 Å². The van der Waals surface area contributed by atoms with Crippen molar-refractivity contribution >= 4 is 29.9 Å². The fourth-order valence-corrected chi connectivity index (χ4v) is 4.69. The number of guanidine groups is 1. The summed E-state index contributed by atoms with van der Waals surface area (Å²) in [7, 11) is 0. The van der Waals surface area contributed by atoms with Gasteiger partial charge < -0.3 is 20.3 Å². The summed E-state index contributed by atoms with van der Waals surface area (Å²) in [6.07, 6.45) is 6.37. The molecule has 31 heavy (non-hydrogen) atoms. The van der Waals surface area contributed by atoms with Gasteiger partial charge in [0, 0.05) is 32.2 Å². The van der Waals surface area contributed by atoms with Crippen LogP contribution in [0.25, 0.3) is 0 Å². The molecule has 0 radical (unpaired) electrons. The van der Waals surface area contributed by atoms with Gasteiger partial charge in [-0.1, -0.05) is 36.8 Å². The molecule has 2 saturated heterocycles. The van der Waals surface area contributed by atoms with Gasteiger partial charge in [0.1, 0.15) is 0 Å². The van der Waals surface area contributed by atoms with Gasteiger partial charge >= 0.3 is 0 Å². The molecule has 2 unspecified atom stereocenters. The van der Waals surface area contributed by atoms with E-state index < -0.39 is 0 Å². The molecule has 2 heterocycles. The van der Waals surface area contributed by atoms with E-state index in [2.05, 4.69) is 60.6 Å². The van der Waals surface area contributed by atoms with Crippen molar-refractivity contribution in [1.29, 1.82) is 0 Å². The first kappa shape index (κ1) is 26.4. The summed E-state index contributed by atoms with van der Waals surface area (Å²) in [5, 5.41) is 7.01. The van der Waals surface area contributed by atoms with E-state index in [1.54, 1.807) is 0 Å². The second-order valence-corrected chi connectivity index (χ2v) is 8.92. The second kappa shape index (κ2) is 14.3. The topological polar surface area (TPSA) is 48.9 Å². The van der Waals surface area contributed by atoms with Crippen molar-refractivity contribution in [3.63, 3.8) is 0 Å². The van der Waals surface area contributed by atoms with Crippen LogP contribution in [0.2, 0.25) is 0 Å². The molecule has 2 atom stereocenters. The van der Waals surface area contributed by atoms with Crippen LogP contribution in [-0.2, 0) is 4.74 Å². The van der Waals surface area contributed by atoms with Gasteiger partial charge in [0.25, 0.3) is 0 Å². The highest BCUT2D eigenvalue weighted by molar-refractivity contribution is 14.0. The summed E-state index contributed by atoms with van der Waals surface area (Å²) in [4.78, 5) is 7.51. The number of aliphatic imine (C=N–C) groups is 1. The predicted molar refractivity (Wildman–Crippen MR) is 141 cm³/mol. The fraction of sp³-hybridized carbons (Fsp3) is 0.720. The van der Waals surface area contributed by atoms with Gasteiger partial charge in [-0.3, -0.25) is 4.99 Å². The van der Waals surface area contributed by atoms with E-state index in [-0.39, 0.29) is 30.1 Å². The number of likely N-dealkylation sites (tertiary alicyclic amines) is 1. The molecule has 1 aromatic rings. The summed E-state index contributed by atoms with van der Waals surface area (Å²) in [5.74, 6) is 2.24. The van der Waals surface area contributed by atoms with Gasteiger partial charge in [-0.2, -0.15) is 0 Å². The van der Waals surface area contributed by atoms with E-state index in [0.29, 0.717) is 5.92 Å². The van der Waals surface area contributed by atoms with Crippen molar-refractivity contribution in [1.82, 2.24) is 15.5 Å². The van der Waals surface area contributed by atoms with Crippen LogP contribution in [0.4, 0.5) is 0 Å². The van der Waals surface area contributed by atoms with Crippen LogP contribution in [0, 0.1) is 18.8 Å². The molecular formula is C25H43IN4O. The van der Waals surface area contributed by atoms with Gasteiger partial charge in [-0.15, -0.1) is 24.0 Å². The van der Waals surface area contributed by atoms with Crippen LogP contribution in [0.3, 0.4) is 0 Å². The Balaban J connectivity index is 0.00000341. The number of halogens is 1. The molecule has 176 valence electrons. The van der Waals surface area contributed by atoms with E-state index in [9.17, 15) is 0 Å². The summed E-state index contributed by atoms with van der Waals surface area (Å²) >= 11 is 0. The van der Waals surface area contributed by atoms with Gasteiger partial charge in [0.05, 0.1) is 6.10 Å². The zero-order valence-electron chi connectivity index (χ0n) is 19.7. The molecule has 1 aromatic carbocycles. The minimum atomic E-state index is 0. The van der Waals surface area contributed by atoms with Crippen molar-refractivity contribution in [2.24, 2.45) is 16.8 Å². The van der Waals surface area contributed by atoms with Gasteiger partial charge in [0.2, 0.25) is 0 Å². The largest absolute Gasteiger partial charge is 0.373 e. The van der Waals surface area contributed by atoms with Crippen LogP contribution in [0.1, 0.15) is 63.2 Å². The number of piperidine rings is 1. The fourth-order valence-electron chi connectivity index (χ4n) is 4.69. The maximum absolute atomic E-state index is 6.17. The number of hydrogen-bond acceptors (Lipinski definition) is 3. The Bertz CT molecular complexity index is 643. The number of nitrogens with one attached hydrogen (secondary N) is 2. The highest BCUT2D eigenvalue weighted by atomic mass is 127. The molecule has 2 N–H and O–H groups in total. The molecule has 5 nitrogen and oxygen atoms in total. The minimum Gasteiger partial charge on any atom is -0.373 e. The lowest BCUT2D eigenvalue weighted by Gasteiger charge is -2.32. The Morgan fingerprint density at radius 3 is 2.52 bits per heavy atom. The van der Waals surface area contributed by atoms with Crippen LogP contribution in [0.15, 0.2) is 29.3 Å². The summed E-state index contributed by atoms with van der Waals surface area (Å²) in [6, 6.07) is 8.80. The Kier molecular flexibility index (Phi) is 12.2. The van der Waals surface area contributed by atoms with E-state index in [4.69, 9.17) is 9.73 Å². The molecule has 6 heteroatoms. The maximum atomic E-state index is 6.17.